The van der Waals surface area contributed by atoms with E-state index >= 15 is 0 Å². The second-order valence-electron chi connectivity index (χ2n) is 3.63. The van der Waals surface area contributed by atoms with E-state index in [-0.39, 0.29) is 0 Å². The molecular weight excluding hydrogens is 152 g/mol. The molecule has 0 bridgehead atoms. The summed E-state index contributed by atoms with van der Waals surface area (Å²) in [5.74, 6) is 0.740. The summed E-state index contributed by atoms with van der Waals surface area (Å²) in [6.07, 6.45) is 7.11. The Hall–Kier alpha value is -0.0800. The number of rotatable bonds is 4. The molecule has 2 heteroatoms. The molecule has 0 aliphatic heterocycles. The van der Waals surface area contributed by atoms with Gasteiger partial charge < -0.3 is 9.47 Å². The number of hydrogen-bond acceptors (Lipinski definition) is 2. The Kier molecular flexibility index (Phi) is 4.62. The van der Waals surface area contributed by atoms with E-state index in [0.717, 1.165) is 12.5 Å². The summed E-state index contributed by atoms with van der Waals surface area (Å²) in [7, 11) is 3.53. The number of ether oxygens (including phenoxy) is 2. The summed E-state index contributed by atoms with van der Waals surface area (Å²) in [6.45, 7) is 0.751. The summed E-state index contributed by atoms with van der Waals surface area (Å²) in [4.78, 5) is 0. The molecule has 1 unspecified atom stereocenters. The van der Waals surface area contributed by atoms with Gasteiger partial charge in [0.2, 0.25) is 0 Å². The van der Waals surface area contributed by atoms with Crippen LogP contribution in [-0.4, -0.2) is 26.9 Å². The highest BCUT2D eigenvalue weighted by molar-refractivity contribution is 4.73. The number of hydrogen-bond donors (Lipinski definition) is 0. The minimum absolute atomic E-state index is 0.329. The van der Waals surface area contributed by atoms with Crippen molar-refractivity contribution in [2.75, 3.05) is 20.8 Å². The molecular formula is C10H20O2. The minimum Gasteiger partial charge on any atom is -0.382 e. The largest absolute Gasteiger partial charge is 0.382 e. The fourth-order valence-corrected chi connectivity index (χ4v) is 2.07. The molecule has 2 nitrogen and oxygen atoms in total. The van der Waals surface area contributed by atoms with Gasteiger partial charge in [0.1, 0.15) is 0 Å². The van der Waals surface area contributed by atoms with Gasteiger partial charge in [-0.15, -0.1) is 0 Å². The molecule has 1 rings (SSSR count). The molecule has 1 fully saturated rings. The zero-order chi connectivity index (χ0) is 8.81. The second kappa shape index (κ2) is 5.55. The average Bonchev–Trinajstić information content (AvgIpc) is 2.15. The fourth-order valence-electron chi connectivity index (χ4n) is 2.07. The second-order valence-corrected chi connectivity index (χ2v) is 3.63. The van der Waals surface area contributed by atoms with Crippen LogP contribution < -0.4 is 0 Å². The van der Waals surface area contributed by atoms with E-state index in [1.165, 1.54) is 32.1 Å². The van der Waals surface area contributed by atoms with Crippen LogP contribution in [0.15, 0.2) is 0 Å². The molecule has 0 aromatic heterocycles. The molecule has 1 atom stereocenters. The maximum Gasteiger partial charge on any atom is 0.0832 e. The maximum atomic E-state index is 5.41. The van der Waals surface area contributed by atoms with Crippen molar-refractivity contribution in [3.8, 4) is 0 Å². The highest BCUT2D eigenvalue weighted by Crippen LogP contribution is 2.27. The molecule has 0 spiro atoms. The smallest absolute Gasteiger partial charge is 0.0832 e. The lowest BCUT2D eigenvalue weighted by atomic mass is 9.85. The lowest BCUT2D eigenvalue weighted by Gasteiger charge is -2.28. The van der Waals surface area contributed by atoms with Crippen molar-refractivity contribution in [3.05, 3.63) is 0 Å². The van der Waals surface area contributed by atoms with Gasteiger partial charge in [-0.05, 0) is 18.8 Å². The zero-order valence-electron chi connectivity index (χ0n) is 8.21. The van der Waals surface area contributed by atoms with Gasteiger partial charge in [0.25, 0.3) is 0 Å². The molecule has 1 aliphatic carbocycles. The van der Waals surface area contributed by atoms with Gasteiger partial charge >= 0.3 is 0 Å². The van der Waals surface area contributed by atoms with Gasteiger partial charge in [0.15, 0.2) is 0 Å². The van der Waals surface area contributed by atoms with Crippen LogP contribution in [0.5, 0.6) is 0 Å². The molecule has 0 aromatic carbocycles. The first kappa shape index (κ1) is 10.0. The van der Waals surface area contributed by atoms with E-state index < -0.39 is 0 Å². The van der Waals surface area contributed by atoms with E-state index in [1.807, 2.05) is 0 Å². The highest BCUT2D eigenvalue weighted by atomic mass is 16.5. The van der Waals surface area contributed by atoms with Crippen molar-refractivity contribution in [2.24, 2.45) is 5.92 Å². The van der Waals surface area contributed by atoms with E-state index in [1.54, 1.807) is 14.2 Å². The Labute approximate surface area is 75.2 Å². The van der Waals surface area contributed by atoms with Crippen LogP contribution in [0.4, 0.5) is 0 Å². The molecule has 0 heterocycles. The maximum absolute atomic E-state index is 5.41. The van der Waals surface area contributed by atoms with Gasteiger partial charge in [-0.25, -0.2) is 0 Å². The molecule has 72 valence electrons. The number of methoxy groups -OCH3 is 2. The van der Waals surface area contributed by atoms with Crippen LogP contribution in [0, 0.1) is 5.92 Å². The summed E-state index contributed by atoms with van der Waals surface area (Å²) >= 11 is 0. The quantitative estimate of drug-likeness (QED) is 0.647. The molecule has 0 saturated heterocycles. The highest BCUT2D eigenvalue weighted by Gasteiger charge is 2.22. The van der Waals surface area contributed by atoms with Crippen LogP contribution in [0.2, 0.25) is 0 Å². The Bertz CT molecular complexity index is 106. The average molecular weight is 172 g/mol. The predicted octanol–water partition coefficient (Wildman–Crippen LogP) is 2.23. The first-order chi connectivity index (χ1) is 5.88. The lowest BCUT2D eigenvalue weighted by molar-refractivity contribution is -0.0180. The molecule has 0 aromatic rings. The van der Waals surface area contributed by atoms with Crippen LogP contribution in [0.1, 0.15) is 32.1 Å². The topological polar surface area (TPSA) is 18.5 Å². The third-order valence-corrected chi connectivity index (χ3v) is 2.81. The van der Waals surface area contributed by atoms with E-state index in [4.69, 9.17) is 9.47 Å². The molecule has 1 aliphatic rings. The molecule has 0 amide bonds. The third kappa shape index (κ3) is 2.76. The summed E-state index contributed by atoms with van der Waals surface area (Å²) in [5.41, 5.74) is 0. The van der Waals surface area contributed by atoms with Crippen molar-refractivity contribution in [3.63, 3.8) is 0 Å². The Morgan fingerprint density at radius 1 is 1.17 bits per heavy atom. The molecule has 0 radical (unpaired) electrons. The Balaban J connectivity index is 2.29. The molecule has 1 saturated carbocycles. The van der Waals surface area contributed by atoms with E-state index in [9.17, 15) is 0 Å². The first-order valence-corrected chi connectivity index (χ1v) is 4.90. The lowest BCUT2D eigenvalue weighted by Crippen LogP contribution is -2.29. The summed E-state index contributed by atoms with van der Waals surface area (Å²) in [6, 6.07) is 0. The molecule has 0 N–H and O–H groups in total. The van der Waals surface area contributed by atoms with Gasteiger partial charge in [-0.1, -0.05) is 19.3 Å². The monoisotopic (exact) mass is 172 g/mol. The van der Waals surface area contributed by atoms with Crippen LogP contribution in [-0.2, 0) is 9.47 Å². The van der Waals surface area contributed by atoms with Crippen molar-refractivity contribution in [1.82, 2.24) is 0 Å². The van der Waals surface area contributed by atoms with Crippen LogP contribution >= 0.6 is 0 Å². The third-order valence-electron chi connectivity index (χ3n) is 2.81. The summed E-state index contributed by atoms with van der Waals surface area (Å²) in [5, 5.41) is 0. The molecule has 12 heavy (non-hydrogen) atoms. The first-order valence-electron chi connectivity index (χ1n) is 4.90. The van der Waals surface area contributed by atoms with Crippen molar-refractivity contribution in [2.45, 2.75) is 38.2 Å². The van der Waals surface area contributed by atoms with E-state index in [2.05, 4.69) is 0 Å². The Morgan fingerprint density at radius 2 is 1.83 bits per heavy atom. The van der Waals surface area contributed by atoms with Gasteiger partial charge in [-0.3, -0.25) is 0 Å². The normalized spacial score (nSPS) is 22.5. The zero-order valence-corrected chi connectivity index (χ0v) is 8.21. The van der Waals surface area contributed by atoms with Crippen LogP contribution in [0.25, 0.3) is 0 Å². The van der Waals surface area contributed by atoms with Crippen LogP contribution in [0.3, 0.4) is 0 Å². The van der Waals surface area contributed by atoms with Crippen molar-refractivity contribution in [1.29, 1.82) is 0 Å². The van der Waals surface area contributed by atoms with Crippen molar-refractivity contribution < 1.29 is 9.47 Å². The SMILES string of the molecule is COCC(OC)C1CCCCC1. The van der Waals surface area contributed by atoms with E-state index in [0.29, 0.717) is 6.10 Å². The minimum atomic E-state index is 0.329. The van der Waals surface area contributed by atoms with Gasteiger partial charge in [0.05, 0.1) is 12.7 Å². The fraction of sp³-hybridized carbons (Fsp3) is 1.00. The standard InChI is InChI=1S/C10H20O2/c1-11-8-10(12-2)9-6-4-3-5-7-9/h9-10H,3-8H2,1-2H3. The van der Waals surface area contributed by atoms with Gasteiger partial charge in [-0.2, -0.15) is 0 Å². The summed E-state index contributed by atoms with van der Waals surface area (Å²) < 4.78 is 10.5. The Morgan fingerprint density at radius 3 is 2.33 bits per heavy atom. The van der Waals surface area contributed by atoms with Gasteiger partial charge in [0, 0.05) is 14.2 Å². The predicted molar refractivity (Wildman–Crippen MR) is 49.2 cm³/mol. The van der Waals surface area contributed by atoms with Crippen molar-refractivity contribution >= 4 is 0 Å².